The van der Waals surface area contributed by atoms with Gasteiger partial charge >= 0.3 is 12.1 Å². The van der Waals surface area contributed by atoms with E-state index in [-0.39, 0.29) is 11.1 Å². The lowest BCUT2D eigenvalue weighted by molar-refractivity contribution is -0.146. The molecule has 1 N–H and O–H groups in total. The van der Waals surface area contributed by atoms with Crippen LogP contribution < -0.4 is 4.72 Å². The van der Waals surface area contributed by atoms with Gasteiger partial charge in [-0.3, -0.25) is 14.4 Å². The molecule has 2 amide bonds. The van der Waals surface area contributed by atoms with Crippen molar-refractivity contribution in [1.29, 1.82) is 0 Å². The number of sulfonamides is 1. The molecule has 12 heteroatoms. The molecule has 1 heterocycles. The number of hydrogen-bond donors (Lipinski definition) is 1. The highest BCUT2D eigenvalue weighted by molar-refractivity contribution is 7.89. The van der Waals surface area contributed by atoms with Crippen LogP contribution >= 0.6 is 0 Å². The van der Waals surface area contributed by atoms with Crippen molar-refractivity contribution in [3.05, 3.63) is 65.2 Å². The van der Waals surface area contributed by atoms with E-state index >= 15 is 0 Å². The average Bonchev–Trinajstić information content (AvgIpc) is 2.96. The Balaban J connectivity index is 1.52. The monoisotopic (exact) mass is 456 g/mol. The zero-order valence-electron chi connectivity index (χ0n) is 15.7. The molecule has 0 bridgehead atoms. The van der Waals surface area contributed by atoms with Crippen LogP contribution in [0, 0.1) is 0 Å². The lowest BCUT2D eigenvalue weighted by Crippen LogP contribution is -2.34. The number of rotatable bonds is 7. The number of esters is 1. The third-order valence-electron chi connectivity index (χ3n) is 4.33. The Morgan fingerprint density at radius 3 is 2.19 bits per heavy atom. The number of hydrogen-bond acceptors (Lipinski definition) is 6. The number of imide groups is 1. The van der Waals surface area contributed by atoms with E-state index < -0.39 is 64.1 Å². The van der Waals surface area contributed by atoms with Gasteiger partial charge in [0.15, 0.2) is 6.73 Å². The smallest absolute Gasteiger partial charge is 0.416 e. The van der Waals surface area contributed by atoms with E-state index in [0.29, 0.717) is 6.07 Å². The highest BCUT2D eigenvalue weighted by atomic mass is 32.2. The molecule has 1 aliphatic rings. The maximum absolute atomic E-state index is 12.7. The van der Waals surface area contributed by atoms with Crippen molar-refractivity contribution in [2.75, 3.05) is 13.3 Å². The Morgan fingerprint density at radius 2 is 1.61 bits per heavy atom. The summed E-state index contributed by atoms with van der Waals surface area (Å²) >= 11 is 0. The van der Waals surface area contributed by atoms with Gasteiger partial charge in [-0.1, -0.05) is 18.2 Å². The van der Waals surface area contributed by atoms with Gasteiger partial charge in [-0.2, -0.15) is 13.2 Å². The number of amides is 2. The number of fused-ring (bicyclic) bond motifs is 1. The van der Waals surface area contributed by atoms with Crippen LogP contribution in [0.3, 0.4) is 0 Å². The van der Waals surface area contributed by atoms with Gasteiger partial charge in [0.1, 0.15) is 0 Å². The van der Waals surface area contributed by atoms with Crippen LogP contribution in [0.5, 0.6) is 0 Å². The van der Waals surface area contributed by atoms with Crippen LogP contribution in [0.2, 0.25) is 0 Å². The standard InChI is InChI=1S/C19H15F3N2O6S/c20-19(21,22)12-4-3-5-13(10-12)31(28,29)23-9-8-16(25)30-11-24-17(26)14-6-1-2-7-15(14)18(24)27/h1-7,10,23H,8-9,11H2. The van der Waals surface area contributed by atoms with E-state index in [1.807, 2.05) is 4.72 Å². The molecule has 8 nitrogen and oxygen atoms in total. The molecule has 2 aromatic rings. The second-order valence-corrected chi connectivity index (χ2v) is 8.17. The average molecular weight is 456 g/mol. The number of benzene rings is 2. The maximum Gasteiger partial charge on any atom is 0.416 e. The number of ether oxygens (including phenoxy) is 1. The molecule has 0 unspecified atom stereocenters. The second kappa shape index (κ2) is 8.47. The molecule has 0 atom stereocenters. The van der Waals surface area contributed by atoms with Gasteiger partial charge in [0.25, 0.3) is 11.8 Å². The van der Waals surface area contributed by atoms with Crippen molar-refractivity contribution in [2.45, 2.75) is 17.5 Å². The normalized spacial score (nSPS) is 14.0. The fourth-order valence-electron chi connectivity index (χ4n) is 2.78. The van der Waals surface area contributed by atoms with Crippen molar-refractivity contribution >= 4 is 27.8 Å². The van der Waals surface area contributed by atoms with E-state index in [9.17, 15) is 36.0 Å². The van der Waals surface area contributed by atoms with Crippen LogP contribution in [-0.2, 0) is 25.7 Å². The summed E-state index contributed by atoms with van der Waals surface area (Å²) in [7, 11) is -4.30. The lowest BCUT2D eigenvalue weighted by atomic mass is 10.1. The van der Waals surface area contributed by atoms with Gasteiger partial charge in [-0.15, -0.1) is 0 Å². The zero-order chi connectivity index (χ0) is 22.8. The third-order valence-corrected chi connectivity index (χ3v) is 5.78. The van der Waals surface area contributed by atoms with Gasteiger partial charge < -0.3 is 4.74 Å². The van der Waals surface area contributed by atoms with E-state index in [1.165, 1.54) is 12.1 Å². The molecule has 0 fully saturated rings. The summed E-state index contributed by atoms with van der Waals surface area (Å²) in [5.41, 5.74) is -0.773. The van der Waals surface area contributed by atoms with Crippen LogP contribution in [0.25, 0.3) is 0 Å². The van der Waals surface area contributed by atoms with Crippen LogP contribution in [0.15, 0.2) is 53.4 Å². The minimum atomic E-state index is -4.71. The summed E-state index contributed by atoms with van der Waals surface area (Å²) in [5, 5.41) is 0. The molecule has 0 spiro atoms. The number of nitrogens with zero attached hydrogens (tertiary/aromatic N) is 1. The summed E-state index contributed by atoms with van der Waals surface area (Å²) in [6.45, 7) is -1.11. The van der Waals surface area contributed by atoms with Crippen molar-refractivity contribution in [1.82, 2.24) is 9.62 Å². The molecule has 164 valence electrons. The van der Waals surface area contributed by atoms with Crippen molar-refractivity contribution in [3.8, 4) is 0 Å². The first-order valence-electron chi connectivity index (χ1n) is 8.78. The highest BCUT2D eigenvalue weighted by Crippen LogP contribution is 2.30. The predicted molar refractivity (Wildman–Crippen MR) is 99.2 cm³/mol. The topological polar surface area (TPSA) is 110 Å². The van der Waals surface area contributed by atoms with E-state index in [0.717, 1.165) is 23.1 Å². The molecular formula is C19H15F3N2O6S. The molecular weight excluding hydrogens is 441 g/mol. The lowest BCUT2D eigenvalue weighted by Gasteiger charge is -2.14. The van der Waals surface area contributed by atoms with Crippen LogP contribution in [0.1, 0.15) is 32.7 Å². The number of halogens is 3. The summed E-state index contributed by atoms with van der Waals surface area (Å²) in [6, 6.07) is 9.22. The summed E-state index contributed by atoms with van der Waals surface area (Å²) < 4.78 is 69.4. The first-order chi connectivity index (χ1) is 14.5. The molecule has 0 saturated carbocycles. The van der Waals surface area contributed by atoms with E-state index in [1.54, 1.807) is 12.1 Å². The minimum Gasteiger partial charge on any atom is -0.444 e. The van der Waals surface area contributed by atoms with Gasteiger partial charge in [-0.25, -0.2) is 18.0 Å². The van der Waals surface area contributed by atoms with E-state index in [4.69, 9.17) is 4.74 Å². The van der Waals surface area contributed by atoms with Gasteiger partial charge in [-0.05, 0) is 30.3 Å². The maximum atomic E-state index is 12.7. The summed E-state index contributed by atoms with van der Waals surface area (Å²) in [4.78, 5) is 36.3. The number of alkyl halides is 3. The van der Waals surface area contributed by atoms with Crippen molar-refractivity contribution < 1.29 is 40.7 Å². The quantitative estimate of drug-likeness (QED) is 0.505. The Hall–Kier alpha value is -3.25. The molecule has 0 aliphatic carbocycles. The summed E-state index contributed by atoms with van der Waals surface area (Å²) in [5.74, 6) is -2.17. The number of carbonyl (C=O) groups is 3. The Labute approximate surface area is 174 Å². The Bertz CT molecular complexity index is 1110. The highest BCUT2D eigenvalue weighted by Gasteiger charge is 2.36. The van der Waals surface area contributed by atoms with Crippen LogP contribution in [-0.4, -0.2) is 44.4 Å². The molecule has 3 rings (SSSR count). The number of nitrogens with one attached hydrogen (secondary N) is 1. The third kappa shape index (κ3) is 4.91. The SMILES string of the molecule is O=C(CCNS(=O)(=O)c1cccc(C(F)(F)F)c1)OCN1C(=O)c2ccccc2C1=O. The second-order valence-electron chi connectivity index (χ2n) is 6.40. The van der Waals surface area contributed by atoms with E-state index in [2.05, 4.69) is 0 Å². The molecule has 31 heavy (non-hydrogen) atoms. The molecule has 0 aromatic heterocycles. The molecule has 2 aromatic carbocycles. The first-order valence-corrected chi connectivity index (χ1v) is 10.3. The van der Waals surface area contributed by atoms with Gasteiger partial charge in [0.2, 0.25) is 10.0 Å². The fourth-order valence-corrected chi connectivity index (χ4v) is 3.85. The van der Waals surface area contributed by atoms with Gasteiger partial charge in [0, 0.05) is 6.54 Å². The molecule has 1 aliphatic heterocycles. The molecule has 0 radical (unpaired) electrons. The largest absolute Gasteiger partial charge is 0.444 e. The van der Waals surface area contributed by atoms with Crippen molar-refractivity contribution in [2.24, 2.45) is 0 Å². The first kappa shape index (κ1) is 22.4. The van der Waals surface area contributed by atoms with Crippen LogP contribution in [0.4, 0.5) is 13.2 Å². The van der Waals surface area contributed by atoms with Crippen molar-refractivity contribution in [3.63, 3.8) is 0 Å². The Morgan fingerprint density at radius 1 is 1.00 bits per heavy atom. The summed E-state index contributed by atoms with van der Waals surface area (Å²) in [6.07, 6.45) is -5.18. The van der Waals surface area contributed by atoms with Gasteiger partial charge in [0.05, 0.1) is 28.0 Å². The predicted octanol–water partition coefficient (Wildman–Crippen LogP) is 2.17. The zero-order valence-corrected chi connectivity index (χ0v) is 16.5. The Kier molecular flexibility index (Phi) is 6.13. The fraction of sp³-hybridized carbons (Fsp3) is 0.211. The number of carbonyl (C=O) groups excluding carboxylic acids is 3. The minimum absolute atomic E-state index is 0.178. The molecule has 0 saturated heterocycles.